The molecule has 0 saturated heterocycles. The predicted molar refractivity (Wildman–Crippen MR) is 80.2 cm³/mol. The summed E-state index contributed by atoms with van der Waals surface area (Å²) in [7, 11) is -5.57. The average Bonchev–Trinajstić information content (AvgIpc) is 2.35. The summed E-state index contributed by atoms with van der Waals surface area (Å²) in [5, 5.41) is 0. The molecule has 0 heterocycles. The molecule has 0 amide bonds. The van der Waals surface area contributed by atoms with Crippen LogP contribution in [0.3, 0.4) is 0 Å². The molecule has 6 nitrogen and oxygen atoms in total. The summed E-state index contributed by atoms with van der Waals surface area (Å²) < 4.78 is 51.2. The highest BCUT2D eigenvalue weighted by atomic mass is 32.2. The molecule has 0 fully saturated rings. The van der Waals surface area contributed by atoms with E-state index in [1.54, 1.807) is 6.07 Å². The van der Waals surface area contributed by atoms with Crippen LogP contribution in [0.15, 0.2) is 18.2 Å². The average molecular weight is 334 g/mol. The van der Waals surface area contributed by atoms with Crippen LogP contribution in [0.5, 0.6) is 5.75 Å². The molecule has 0 bridgehead atoms. The molecule has 1 aromatic rings. The van der Waals surface area contributed by atoms with Gasteiger partial charge in [0.1, 0.15) is 15.6 Å². The summed E-state index contributed by atoms with van der Waals surface area (Å²) in [6.07, 6.45) is 0.986. The monoisotopic (exact) mass is 334 g/mol. The Morgan fingerprint density at radius 2 is 1.76 bits per heavy atom. The molecule has 0 unspecified atom stereocenters. The summed E-state index contributed by atoms with van der Waals surface area (Å²) in [6.45, 7) is 1.38. The number of methoxy groups -OCH3 is 1. The predicted octanol–water partition coefficient (Wildman–Crippen LogP) is 0.857. The van der Waals surface area contributed by atoms with E-state index in [1.807, 2.05) is 0 Å². The maximum Gasteiger partial charge on any atom is 0.159 e. The summed E-state index contributed by atoms with van der Waals surface area (Å²) in [4.78, 5) is 11.4. The lowest BCUT2D eigenvalue weighted by Gasteiger charge is -2.10. The van der Waals surface area contributed by atoms with E-state index in [0.717, 1.165) is 6.26 Å². The zero-order valence-electron chi connectivity index (χ0n) is 12.1. The molecule has 0 spiro atoms. The number of sulfone groups is 2. The van der Waals surface area contributed by atoms with Gasteiger partial charge in [-0.3, -0.25) is 4.79 Å². The Morgan fingerprint density at radius 3 is 2.24 bits per heavy atom. The molecule has 0 aliphatic rings. The van der Waals surface area contributed by atoms with E-state index in [9.17, 15) is 21.6 Å². The first-order valence-electron chi connectivity index (χ1n) is 6.10. The highest BCUT2D eigenvalue weighted by Gasteiger charge is 2.18. The summed E-state index contributed by atoms with van der Waals surface area (Å²) >= 11 is 0. The maximum absolute atomic E-state index is 12.0. The number of rotatable bonds is 7. The van der Waals surface area contributed by atoms with Gasteiger partial charge in [-0.25, -0.2) is 16.8 Å². The van der Waals surface area contributed by atoms with Gasteiger partial charge in [-0.15, -0.1) is 0 Å². The summed E-state index contributed by atoms with van der Waals surface area (Å²) in [6, 6.07) is 4.53. The quantitative estimate of drug-likeness (QED) is 0.686. The van der Waals surface area contributed by atoms with Crippen LogP contribution in [0.2, 0.25) is 0 Å². The lowest BCUT2D eigenvalue weighted by molar-refractivity contribution is 0.101. The fraction of sp³-hybridized carbons (Fsp3) is 0.462. The number of hydrogen-bond acceptors (Lipinski definition) is 6. The van der Waals surface area contributed by atoms with Crippen molar-refractivity contribution in [3.63, 3.8) is 0 Å². The van der Waals surface area contributed by atoms with Gasteiger partial charge < -0.3 is 4.74 Å². The van der Waals surface area contributed by atoms with Crippen LogP contribution in [0.4, 0.5) is 0 Å². The van der Waals surface area contributed by atoms with Crippen molar-refractivity contribution >= 4 is 25.5 Å². The molecule has 0 saturated carbocycles. The number of carbonyl (C=O) groups is 1. The van der Waals surface area contributed by atoms with E-state index in [4.69, 9.17) is 4.74 Å². The third-order valence-electron chi connectivity index (χ3n) is 2.83. The third kappa shape index (κ3) is 5.84. The molecular weight excluding hydrogens is 316 g/mol. The third-order valence-corrected chi connectivity index (χ3v) is 5.61. The highest BCUT2D eigenvalue weighted by molar-refractivity contribution is 7.94. The van der Waals surface area contributed by atoms with E-state index in [0.29, 0.717) is 16.9 Å². The standard InChI is InChI=1S/C13H18O6S2/c1-10(14)11-4-5-13(19-2)12(8-11)9-21(17,18)7-6-20(3,15)16/h4-5,8H,6-7,9H2,1-3H3. The van der Waals surface area contributed by atoms with Crippen LogP contribution in [-0.2, 0) is 25.4 Å². The molecule has 1 rings (SSSR count). The van der Waals surface area contributed by atoms with E-state index in [-0.39, 0.29) is 11.5 Å². The van der Waals surface area contributed by atoms with Crippen molar-refractivity contribution in [2.24, 2.45) is 0 Å². The van der Waals surface area contributed by atoms with Gasteiger partial charge in [0.2, 0.25) is 0 Å². The van der Waals surface area contributed by atoms with Crippen LogP contribution in [0.1, 0.15) is 22.8 Å². The number of hydrogen-bond donors (Lipinski definition) is 0. The van der Waals surface area contributed by atoms with Crippen molar-refractivity contribution in [2.45, 2.75) is 12.7 Å². The second-order valence-electron chi connectivity index (χ2n) is 4.80. The smallest absolute Gasteiger partial charge is 0.159 e. The van der Waals surface area contributed by atoms with Crippen molar-refractivity contribution < 1.29 is 26.4 Å². The fourth-order valence-corrected chi connectivity index (χ4v) is 4.77. The summed E-state index contributed by atoms with van der Waals surface area (Å²) in [5.74, 6) is -1.09. The lowest BCUT2D eigenvalue weighted by Crippen LogP contribution is -2.18. The minimum atomic E-state index is -3.61. The van der Waals surface area contributed by atoms with Crippen molar-refractivity contribution in [1.82, 2.24) is 0 Å². The van der Waals surface area contributed by atoms with Gasteiger partial charge in [0.25, 0.3) is 0 Å². The lowest BCUT2D eigenvalue weighted by atomic mass is 10.1. The maximum atomic E-state index is 12.0. The second-order valence-corrected chi connectivity index (χ2v) is 9.25. The number of ether oxygens (including phenoxy) is 1. The number of benzene rings is 1. The topological polar surface area (TPSA) is 94.6 Å². The Balaban J connectivity index is 3.05. The molecule has 0 N–H and O–H groups in total. The molecule has 0 radical (unpaired) electrons. The Morgan fingerprint density at radius 1 is 1.14 bits per heavy atom. The zero-order chi connectivity index (χ0) is 16.3. The Hall–Kier alpha value is -1.41. The molecule has 1 aromatic carbocycles. The van der Waals surface area contributed by atoms with Gasteiger partial charge in [-0.2, -0.15) is 0 Å². The SMILES string of the molecule is COc1ccc(C(C)=O)cc1CS(=O)(=O)CCS(C)(=O)=O. The summed E-state index contributed by atoms with van der Waals surface area (Å²) in [5.41, 5.74) is 0.725. The van der Waals surface area contributed by atoms with Crippen LogP contribution in [-0.4, -0.2) is 47.5 Å². The molecule has 0 aromatic heterocycles. The van der Waals surface area contributed by atoms with Crippen LogP contribution < -0.4 is 4.74 Å². The largest absolute Gasteiger partial charge is 0.496 e. The van der Waals surface area contributed by atoms with Crippen molar-refractivity contribution in [2.75, 3.05) is 24.9 Å². The Kier molecular flexibility index (Phi) is 5.52. The normalized spacial score (nSPS) is 12.1. The van der Waals surface area contributed by atoms with Crippen LogP contribution >= 0.6 is 0 Å². The zero-order valence-corrected chi connectivity index (χ0v) is 13.8. The van der Waals surface area contributed by atoms with Gasteiger partial charge in [0, 0.05) is 17.4 Å². The first kappa shape index (κ1) is 17.6. The van der Waals surface area contributed by atoms with Crippen molar-refractivity contribution in [3.8, 4) is 5.75 Å². The first-order valence-corrected chi connectivity index (χ1v) is 9.98. The minimum absolute atomic E-state index is 0.188. The van der Waals surface area contributed by atoms with Gasteiger partial charge in [-0.1, -0.05) is 0 Å². The molecule has 21 heavy (non-hydrogen) atoms. The van der Waals surface area contributed by atoms with Crippen molar-refractivity contribution in [3.05, 3.63) is 29.3 Å². The van der Waals surface area contributed by atoms with Crippen LogP contribution in [0, 0.1) is 0 Å². The molecule has 118 valence electrons. The fourth-order valence-electron chi connectivity index (χ4n) is 1.70. The number of carbonyl (C=O) groups excluding carboxylic acids is 1. The van der Waals surface area contributed by atoms with E-state index in [2.05, 4.69) is 0 Å². The molecular formula is C13H18O6S2. The van der Waals surface area contributed by atoms with E-state index >= 15 is 0 Å². The van der Waals surface area contributed by atoms with Gasteiger partial charge in [0.05, 0.1) is 24.4 Å². The minimum Gasteiger partial charge on any atom is -0.496 e. The molecule has 0 aliphatic carbocycles. The van der Waals surface area contributed by atoms with E-state index in [1.165, 1.54) is 26.2 Å². The van der Waals surface area contributed by atoms with Gasteiger partial charge >= 0.3 is 0 Å². The second kappa shape index (κ2) is 6.57. The van der Waals surface area contributed by atoms with Gasteiger partial charge in [0.15, 0.2) is 15.6 Å². The van der Waals surface area contributed by atoms with Crippen molar-refractivity contribution in [1.29, 1.82) is 0 Å². The Bertz CT molecular complexity index is 732. The van der Waals surface area contributed by atoms with Crippen LogP contribution in [0.25, 0.3) is 0 Å². The first-order chi connectivity index (χ1) is 9.54. The molecule has 8 heteroatoms. The van der Waals surface area contributed by atoms with Gasteiger partial charge in [-0.05, 0) is 25.1 Å². The van der Waals surface area contributed by atoms with E-state index < -0.39 is 31.2 Å². The number of ketones is 1. The number of Topliss-reactive ketones (excluding diaryl/α,β-unsaturated/α-hetero) is 1. The highest BCUT2D eigenvalue weighted by Crippen LogP contribution is 2.23. The molecule has 0 atom stereocenters. The molecule has 0 aliphatic heterocycles. The Labute approximate surface area is 125 Å².